The first-order chi connectivity index (χ1) is 24.0. The van der Waals surface area contributed by atoms with Crippen molar-refractivity contribution >= 4 is 50.0 Å². The van der Waals surface area contributed by atoms with E-state index >= 15 is 0 Å². The van der Waals surface area contributed by atoms with Gasteiger partial charge in [0, 0.05) is 23.8 Å². The van der Waals surface area contributed by atoms with E-state index < -0.39 is 62.9 Å². The molecule has 0 radical (unpaired) electrons. The molecule has 0 spiro atoms. The van der Waals surface area contributed by atoms with Crippen LogP contribution in [0.5, 0.6) is 5.75 Å². The Kier molecular flexibility index (Phi) is 10.4. The number of nitrogens with one attached hydrogen (secondary N) is 1. The largest absolute Gasteiger partial charge is 0.494 e. The summed E-state index contributed by atoms with van der Waals surface area (Å²) in [7, 11) is -2.39. The maximum absolute atomic E-state index is 14.6. The smallest absolute Gasteiger partial charge is 0.490 e. The van der Waals surface area contributed by atoms with Crippen LogP contribution in [0.1, 0.15) is 42.5 Å². The number of ether oxygens (including phenoxy) is 1. The molecule has 4 aromatic rings. The lowest BCUT2D eigenvalue weighted by Gasteiger charge is -2.32. The van der Waals surface area contributed by atoms with Gasteiger partial charge in [-0.05, 0) is 78.2 Å². The van der Waals surface area contributed by atoms with Gasteiger partial charge in [0.05, 0.1) is 29.2 Å². The highest BCUT2D eigenvalue weighted by atomic mass is 32.2. The molecule has 17 heteroatoms. The summed E-state index contributed by atoms with van der Waals surface area (Å²) >= 11 is 0. The number of carboxylic acids is 2. The van der Waals surface area contributed by atoms with Gasteiger partial charge in [-0.3, -0.25) is 9.59 Å². The molecule has 2 heterocycles. The van der Waals surface area contributed by atoms with E-state index in [1.165, 1.54) is 36.3 Å². The predicted molar refractivity (Wildman–Crippen MR) is 176 cm³/mol. The van der Waals surface area contributed by atoms with E-state index in [9.17, 15) is 40.7 Å². The van der Waals surface area contributed by atoms with Gasteiger partial charge in [0.1, 0.15) is 11.9 Å². The van der Waals surface area contributed by atoms with Gasteiger partial charge in [-0.2, -0.15) is 13.2 Å². The fourth-order valence-corrected chi connectivity index (χ4v) is 7.89. The normalized spacial score (nSPS) is 18.0. The first-order valence-corrected chi connectivity index (χ1v) is 17.0. The van der Waals surface area contributed by atoms with Crippen molar-refractivity contribution in [3.8, 4) is 5.75 Å². The van der Waals surface area contributed by atoms with E-state index in [0.29, 0.717) is 29.9 Å². The van der Waals surface area contributed by atoms with Gasteiger partial charge in [0.25, 0.3) is 0 Å². The van der Waals surface area contributed by atoms with E-state index in [4.69, 9.17) is 20.4 Å². The quantitative estimate of drug-likeness (QED) is 0.162. The second-order valence-electron chi connectivity index (χ2n) is 11.9. The van der Waals surface area contributed by atoms with Crippen LogP contribution in [0.15, 0.2) is 77.8 Å². The number of pyridine rings is 1. The number of nitrogens with two attached hydrogens (primary N) is 1. The van der Waals surface area contributed by atoms with Gasteiger partial charge in [0.2, 0.25) is 5.91 Å². The maximum Gasteiger partial charge on any atom is 0.490 e. The molecule has 6 rings (SSSR count). The van der Waals surface area contributed by atoms with Gasteiger partial charge in [0.15, 0.2) is 21.4 Å². The van der Waals surface area contributed by atoms with Crippen LogP contribution in [0.3, 0.4) is 0 Å². The van der Waals surface area contributed by atoms with Gasteiger partial charge in [-0.1, -0.05) is 24.3 Å². The van der Waals surface area contributed by atoms with E-state index in [-0.39, 0.29) is 29.2 Å². The molecular weight excluding hydrogens is 700 g/mol. The number of alkyl halides is 3. The SMILES string of the molecule is COc1cc([C@@H](Nc2ccc3c(N)nccc3c2)C(=O)N2CC[C@@H](C(=O)O)[C@H]2c2ccccc2S(=O)(=O)C2CC2)ccc1F.O=C(O)C(F)(F)F. The van der Waals surface area contributed by atoms with Crippen LogP contribution in [0.2, 0.25) is 0 Å². The number of hydrogen-bond acceptors (Lipinski definition) is 9. The van der Waals surface area contributed by atoms with E-state index in [1.807, 2.05) is 0 Å². The number of anilines is 2. The molecule has 1 aliphatic carbocycles. The minimum Gasteiger partial charge on any atom is -0.494 e. The van der Waals surface area contributed by atoms with Crippen molar-refractivity contribution in [1.82, 2.24) is 9.88 Å². The average molecular weight is 733 g/mol. The third-order valence-corrected chi connectivity index (χ3v) is 10.9. The van der Waals surface area contributed by atoms with Gasteiger partial charge >= 0.3 is 18.1 Å². The number of aliphatic carboxylic acids is 2. The summed E-state index contributed by atoms with van der Waals surface area (Å²) in [6.45, 7) is 0.0781. The first kappa shape index (κ1) is 36.8. The summed E-state index contributed by atoms with van der Waals surface area (Å²) in [5.41, 5.74) is 7.22. The number of benzene rings is 3. The minimum atomic E-state index is -5.08. The van der Waals surface area contributed by atoms with Crippen LogP contribution in [-0.4, -0.2) is 71.4 Å². The molecule has 5 N–H and O–H groups in total. The number of likely N-dealkylation sites (tertiary alicyclic amines) is 1. The van der Waals surface area contributed by atoms with Crippen LogP contribution in [0.25, 0.3) is 10.8 Å². The Hall–Kier alpha value is -5.45. The van der Waals surface area contributed by atoms with Crippen LogP contribution in [0, 0.1) is 11.7 Å². The highest BCUT2D eigenvalue weighted by Crippen LogP contribution is 2.44. The highest BCUT2D eigenvalue weighted by Gasteiger charge is 2.47. The monoisotopic (exact) mass is 732 g/mol. The highest BCUT2D eigenvalue weighted by molar-refractivity contribution is 7.92. The van der Waals surface area contributed by atoms with Crippen molar-refractivity contribution in [2.24, 2.45) is 5.92 Å². The molecule has 2 aliphatic rings. The van der Waals surface area contributed by atoms with Crippen LogP contribution >= 0.6 is 0 Å². The fourth-order valence-electron chi connectivity index (χ4n) is 5.99. The number of nitrogens with zero attached hydrogens (tertiary/aromatic N) is 2. The number of fused-ring (bicyclic) bond motifs is 1. The van der Waals surface area contributed by atoms with Crippen LogP contribution in [0.4, 0.5) is 29.1 Å². The molecule has 1 aliphatic heterocycles. The van der Waals surface area contributed by atoms with Crippen LogP contribution in [-0.2, 0) is 24.2 Å². The molecule has 3 aromatic carbocycles. The molecule has 270 valence electrons. The maximum atomic E-state index is 14.6. The summed E-state index contributed by atoms with van der Waals surface area (Å²) in [5.74, 6) is -5.74. The summed E-state index contributed by atoms with van der Waals surface area (Å²) in [5, 5.41) is 21.5. The van der Waals surface area contributed by atoms with Crippen molar-refractivity contribution in [1.29, 1.82) is 0 Å². The van der Waals surface area contributed by atoms with Crippen molar-refractivity contribution in [3.63, 3.8) is 0 Å². The molecule has 1 saturated carbocycles. The number of amides is 1. The summed E-state index contributed by atoms with van der Waals surface area (Å²) < 4.78 is 78.2. The molecule has 1 amide bonds. The van der Waals surface area contributed by atoms with Crippen molar-refractivity contribution in [2.75, 3.05) is 24.7 Å². The number of hydrogen-bond donors (Lipinski definition) is 4. The summed E-state index contributed by atoms with van der Waals surface area (Å²) in [6, 6.07) is 15.3. The lowest BCUT2D eigenvalue weighted by molar-refractivity contribution is -0.192. The van der Waals surface area contributed by atoms with Gasteiger partial charge in [-0.15, -0.1) is 0 Å². The number of rotatable bonds is 9. The number of carbonyl (C=O) groups is 3. The lowest BCUT2D eigenvalue weighted by Crippen LogP contribution is -2.40. The van der Waals surface area contributed by atoms with Crippen molar-refractivity contribution in [3.05, 3.63) is 89.9 Å². The molecule has 2 fully saturated rings. The number of sulfone groups is 1. The van der Waals surface area contributed by atoms with Crippen molar-refractivity contribution < 1.29 is 55.3 Å². The van der Waals surface area contributed by atoms with Gasteiger partial charge in [-0.25, -0.2) is 22.6 Å². The third kappa shape index (κ3) is 7.82. The zero-order valence-corrected chi connectivity index (χ0v) is 27.6. The zero-order valence-electron chi connectivity index (χ0n) is 26.8. The predicted octanol–water partition coefficient (Wildman–Crippen LogP) is 5.36. The Morgan fingerprint density at radius 3 is 2.33 bits per heavy atom. The lowest BCUT2D eigenvalue weighted by atomic mass is 9.93. The molecule has 1 saturated heterocycles. The standard InChI is InChI=1S/C32H31FN4O6S.C2HF3O2/c1-43-26-17-19(6-11-25(26)33)28(36-20-7-10-22-18(16-20)12-14-35-30(22)34)31(38)37-15-13-24(32(39)40)29(37)23-4-2-3-5-27(23)44(41,42)21-8-9-21;3-2(4,5)1(6)7/h2-7,10-12,14,16-17,21,24,28-29,36H,8-9,13,15H2,1H3,(H2,34,35)(H,39,40);(H,6,7)/t24-,28-,29-;/m1./s1. The molecule has 1 aromatic heterocycles. The third-order valence-electron chi connectivity index (χ3n) is 8.61. The number of aromatic nitrogens is 1. The Bertz CT molecular complexity index is 2090. The van der Waals surface area contributed by atoms with Gasteiger partial charge < -0.3 is 30.9 Å². The average Bonchev–Trinajstić information content (AvgIpc) is 3.86. The number of nitrogen functional groups attached to an aromatic ring is 1. The van der Waals surface area contributed by atoms with E-state index in [2.05, 4.69) is 10.3 Å². The molecule has 3 atom stereocenters. The van der Waals surface area contributed by atoms with E-state index in [0.717, 1.165) is 10.8 Å². The van der Waals surface area contributed by atoms with E-state index in [1.54, 1.807) is 48.7 Å². The second kappa shape index (κ2) is 14.4. The Morgan fingerprint density at radius 1 is 1.02 bits per heavy atom. The number of methoxy groups -OCH3 is 1. The summed E-state index contributed by atoms with van der Waals surface area (Å²) in [6.07, 6.45) is -2.30. The molecule has 0 unspecified atom stereocenters. The minimum absolute atomic E-state index is 0.0483. The Balaban J connectivity index is 0.000000654. The Morgan fingerprint density at radius 2 is 1.71 bits per heavy atom. The Labute approximate surface area is 288 Å². The molecule has 51 heavy (non-hydrogen) atoms. The van der Waals surface area contributed by atoms with Crippen molar-refractivity contribution in [2.45, 2.75) is 47.7 Å². The fraction of sp³-hybridized carbons (Fsp3) is 0.294. The number of halogens is 4. The number of carbonyl (C=O) groups excluding carboxylic acids is 1. The zero-order chi connectivity index (χ0) is 37.2. The second-order valence-corrected chi connectivity index (χ2v) is 14.1. The van der Waals surface area contributed by atoms with Crippen LogP contribution < -0.4 is 15.8 Å². The molecule has 0 bridgehead atoms. The first-order valence-electron chi connectivity index (χ1n) is 15.4. The summed E-state index contributed by atoms with van der Waals surface area (Å²) in [4.78, 5) is 41.5. The topological polar surface area (TPSA) is 189 Å². The molecular formula is C34H32F4N4O8S. The number of carboxylic acid groups (broad SMARTS) is 2. The molecule has 12 nitrogen and oxygen atoms in total.